The molecule has 1 fully saturated rings. The minimum atomic E-state index is -0.775. The van der Waals surface area contributed by atoms with E-state index in [9.17, 15) is 10.1 Å². The highest BCUT2D eigenvalue weighted by Crippen LogP contribution is 2.54. The Morgan fingerprint density at radius 3 is 3.00 bits per heavy atom. The molecule has 2 atom stereocenters. The molecule has 1 aliphatic carbocycles. The van der Waals surface area contributed by atoms with Gasteiger partial charge in [-0.2, -0.15) is 5.26 Å². The molecule has 0 N–H and O–H groups in total. The average Bonchev–Trinajstić information content (AvgIpc) is 3.20. The summed E-state index contributed by atoms with van der Waals surface area (Å²) in [6.07, 6.45) is 1.15. The summed E-state index contributed by atoms with van der Waals surface area (Å²) in [7, 11) is 1.60. The van der Waals surface area contributed by atoms with Gasteiger partial charge in [0.05, 0.1) is 24.0 Å². The van der Waals surface area contributed by atoms with Crippen LogP contribution in [0, 0.1) is 17.2 Å². The van der Waals surface area contributed by atoms with E-state index in [1.165, 1.54) is 0 Å². The van der Waals surface area contributed by atoms with Crippen molar-refractivity contribution in [2.45, 2.75) is 18.3 Å². The molecule has 1 saturated carbocycles. The van der Waals surface area contributed by atoms with E-state index in [0.717, 1.165) is 5.56 Å². The normalized spacial score (nSPS) is 23.9. The van der Waals surface area contributed by atoms with E-state index in [4.69, 9.17) is 21.1 Å². The minimum absolute atomic E-state index is 0.317. The second-order valence-electron chi connectivity index (χ2n) is 4.86. The maximum atomic E-state index is 12.0. The molecule has 0 spiro atoms. The van der Waals surface area contributed by atoms with Crippen LogP contribution in [0.2, 0.25) is 5.02 Å². The Kier molecular flexibility index (Phi) is 4.64. The number of nitriles is 1. The van der Waals surface area contributed by atoms with Crippen LogP contribution in [0.1, 0.15) is 18.4 Å². The van der Waals surface area contributed by atoms with Gasteiger partial charge in [0.15, 0.2) is 0 Å². The van der Waals surface area contributed by atoms with E-state index in [1.54, 1.807) is 25.3 Å². The number of carbonyl (C=O) groups is 1. The summed E-state index contributed by atoms with van der Waals surface area (Å²) >= 11 is 5.94. The predicted octanol–water partition coefficient (Wildman–Crippen LogP) is 2.70. The monoisotopic (exact) mass is 293 g/mol. The summed E-state index contributed by atoms with van der Waals surface area (Å²) in [5.74, 6) is -0.712. The molecule has 1 aromatic carbocycles. The van der Waals surface area contributed by atoms with Crippen LogP contribution in [0.3, 0.4) is 0 Å². The Balaban J connectivity index is 1.99. The van der Waals surface area contributed by atoms with Gasteiger partial charge in [-0.1, -0.05) is 23.7 Å². The molecule has 0 aliphatic heterocycles. The summed E-state index contributed by atoms with van der Waals surface area (Å²) in [4.78, 5) is 12.0. The first-order chi connectivity index (χ1) is 9.64. The molecule has 1 aromatic rings. The van der Waals surface area contributed by atoms with Crippen molar-refractivity contribution in [3.05, 3.63) is 34.9 Å². The molecule has 0 saturated heterocycles. The van der Waals surface area contributed by atoms with Crippen LogP contribution in [0.25, 0.3) is 0 Å². The minimum Gasteiger partial charge on any atom is -0.465 e. The summed E-state index contributed by atoms with van der Waals surface area (Å²) in [5.41, 5.74) is 0.00909. The number of hydrogen-bond acceptors (Lipinski definition) is 4. The number of halogens is 1. The molecule has 2 rings (SSSR count). The van der Waals surface area contributed by atoms with Gasteiger partial charge in [-0.3, -0.25) is 4.79 Å². The number of rotatable bonds is 6. The fraction of sp³-hybridized carbons (Fsp3) is 0.467. The zero-order chi connectivity index (χ0) is 14.6. The fourth-order valence-corrected chi connectivity index (χ4v) is 2.49. The lowest BCUT2D eigenvalue weighted by molar-refractivity contribution is -0.145. The molecule has 1 aliphatic rings. The third kappa shape index (κ3) is 2.95. The van der Waals surface area contributed by atoms with Crippen LogP contribution >= 0.6 is 11.6 Å². The van der Waals surface area contributed by atoms with Gasteiger partial charge in [-0.05, 0) is 24.1 Å². The molecule has 20 heavy (non-hydrogen) atoms. The number of ether oxygens (including phenoxy) is 2. The third-order valence-corrected chi connectivity index (χ3v) is 3.76. The van der Waals surface area contributed by atoms with E-state index in [1.807, 2.05) is 6.07 Å². The molecule has 0 amide bonds. The van der Waals surface area contributed by atoms with E-state index < -0.39 is 11.3 Å². The smallest absolute Gasteiger partial charge is 0.310 e. The number of methoxy groups -OCH3 is 1. The largest absolute Gasteiger partial charge is 0.465 e. The SMILES string of the molecule is COCCCOC(=O)C1CC1(C#N)c1cccc(Cl)c1. The van der Waals surface area contributed by atoms with Crippen molar-refractivity contribution >= 4 is 17.6 Å². The number of esters is 1. The lowest BCUT2D eigenvalue weighted by atomic mass is 9.95. The highest BCUT2D eigenvalue weighted by Gasteiger charge is 2.61. The molecule has 2 unspecified atom stereocenters. The highest BCUT2D eigenvalue weighted by molar-refractivity contribution is 6.30. The van der Waals surface area contributed by atoms with Gasteiger partial charge in [-0.25, -0.2) is 0 Å². The maximum Gasteiger partial charge on any atom is 0.310 e. The number of nitrogens with zero attached hydrogens (tertiary/aromatic N) is 1. The Morgan fingerprint density at radius 2 is 2.35 bits per heavy atom. The lowest BCUT2D eigenvalue weighted by Crippen LogP contribution is -2.17. The van der Waals surface area contributed by atoms with Crippen LogP contribution in [-0.2, 0) is 19.7 Å². The lowest BCUT2D eigenvalue weighted by Gasteiger charge is -2.09. The van der Waals surface area contributed by atoms with E-state index >= 15 is 0 Å². The van der Waals surface area contributed by atoms with Gasteiger partial charge >= 0.3 is 5.97 Å². The second kappa shape index (κ2) is 6.25. The van der Waals surface area contributed by atoms with Crippen molar-refractivity contribution in [1.82, 2.24) is 0 Å². The molecule has 0 heterocycles. The predicted molar refractivity (Wildman–Crippen MR) is 74.3 cm³/mol. The van der Waals surface area contributed by atoms with Gasteiger partial charge in [0, 0.05) is 25.2 Å². The summed E-state index contributed by atoms with van der Waals surface area (Å²) in [6, 6.07) is 9.34. The van der Waals surface area contributed by atoms with Crippen LogP contribution in [0.4, 0.5) is 0 Å². The van der Waals surface area contributed by atoms with Gasteiger partial charge in [0.1, 0.15) is 0 Å². The number of carbonyl (C=O) groups excluding carboxylic acids is 1. The summed E-state index contributed by atoms with van der Waals surface area (Å²) < 4.78 is 10.1. The number of benzene rings is 1. The first kappa shape index (κ1) is 14.8. The fourth-order valence-electron chi connectivity index (χ4n) is 2.30. The van der Waals surface area contributed by atoms with Crippen molar-refractivity contribution in [2.75, 3.05) is 20.3 Å². The zero-order valence-corrected chi connectivity index (χ0v) is 12.0. The van der Waals surface area contributed by atoms with E-state index in [-0.39, 0.29) is 5.97 Å². The van der Waals surface area contributed by atoms with Gasteiger partial charge < -0.3 is 9.47 Å². The molecule has 4 nitrogen and oxygen atoms in total. The van der Waals surface area contributed by atoms with Crippen molar-refractivity contribution in [3.63, 3.8) is 0 Å². The number of hydrogen-bond donors (Lipinski definition) is 0. The first-order valence-corrected chi connectivity index (χ1v) is 6.84. The Morgan fingerprint density at radius 1 is 1.55 bits per heavy atom. The quantitative estimate of drug-likeness (QED) is 0.598. The third-order valence-electron chi connectivity index (χ3n) is 3.52. The van der Waals surface area contributed by atoms with Crippen molar-refractivity contribution in [2.24, 2.45) is 5.92 Å². The van der Waals surface area contributed by atoms with Crippen LogP contribution in [0.15, 0.2) is 24.3 Å². The molecule has 0 aromatic heterocycles. The summed E-state index contributed by atoms with van der Waals surface area (Å²) in [6.45, 7) is 0.871. The molecule has 5 heteroatoms. The molecule has 0 radical (unpaired) electrons. The van der Waals surface area contributed by atoms with Crippen molar-refractivity contribution < 1.29 is 14.3 Å². The Labute approximate surface area is 123 Å². The van der Waals surface area contributed by atoms with Crippen LogP contribution < -0.4 is 0 Å². The van der Waals surface area contributed by atoms with Gasteiger partial charge in [0.2, 0.25) is 0 Å². The first-order valence-electron chi connectivity index (χ1n) is 6.47. The van der Waals surface area contributed by atoms with Crippen molar-refractivity contribution in [1.29, 1.82) is 5.26 Å². The highest BCUT2D eigenvalue weighted by atomic mass is 35.5. The standard InChI is InChI=1S/C15H16ClNO3/c1-19-6-3-7-20-14(18)13-9-15(13,10-17)11-4-2-5-12(16)8-11/h2,4-5,8,13H,3,6-7,9H2,1H3. The van der Waals surface area contributed by atoms with Crippen LogP contribution in [0.5, 0.6) is 0 Å². The zero-order valence-electron chi connectivity index (χ0n) is 11.3. The van der Waals surface area contributed by atoms with Gasteiger partial charge in [-0.15, -0.1) is 0 Å². The molecule has 0 bridgehead atoms. The maximum absolute atomic E-state index is 12.0. The topological polar surface area (TPSA) is 59.3 Å². The van der Waals surface area contributed by atoms with Gasteiger partial charge in [0.25, 0.3) is 0 Å². The summed E-state index contributed by atoms with van der Waals surface area (Å²) in [5, 5.41) is 9.97. The Hall–Kier alpha value is -1.57. The molecular weight excluding hydrogens is 278 g/mol. The Bertz CT molecular complexity index is 540. The average molecular weight is 294 g/mol. The van der Waals surface area contributed by atoms with Crippen LogP contribution in [-0.4, -0.2) is 26.3 Å². The molecular formula is C15H16ClNO3. The second-order valence-corrected chi connectivity index (χ2v) is 5.30. The van der Waals surface area contributed by atoms with E-state index in [2.05, 4.69) is 6.07 Å². The van der Waals surface area contributed by atoms with E-state index in [0.29, 0.717) is 31.1 Å². The molecule has 106 valence electrons. The van der Waals surface area contributed by atoms with Crippen molar-refractivity contribution in [3.8, 4) is 6.07 Å².